The van der Waals surface area contributed by atoms with Crippen LogP contribution < -0.4 is 0 Å². The van der Waals surface area contributed by atoms with Gasteiger partial charge in [-0.3, -0.25) is 0 Å². The topological polar surface area (TPSA) is 3.24 Å². The maximum Gasteiger partial charge on any atom is 0.0175 e. The molecule has 0 aromatic carbocycles. The van der Waals surface area contributed by atoms with Gasteiger partial charge in [0.25, 0.3) is 0 Å². The molecule has 15 heavy (non-hydrogen) atoms. The van der Waals surface area contributed by atoms with Crippen LogP contribution in [0.25, 0.3) is 0 Å². The van der Waals surface area contributed by atoms with Crippen LogP contribution in [-0.4, -0.2) is 18.0 Å². The molecule has 1 fully saturated rings. The molecule has 0 saturated carbocycles. The van der Waals surface area contributed by atoms with Crippen LogP contribution in [0.1, 0.15) is 66.7 Å². The van der Waals surface area contributed by atoms with Crippen molar-refractivity contribution in [2.24, 2.45) is 0 Å². The van der Waals surface area contributed by atoms with E-state index < -0.39 is 0 Å². The van der Waals surface area contributed by atoms with Gasteiger partial charge in [-0.15, -0.1) is 0 Å². The number of allylic oxidation sites excluding steroid dienone is 2. The molecule has 0 aromatic heterocycles. The van der Waals surface area contributed by atoms with Crippen molar-refractivity contribution in [3.05, 3.63) is 11.3 Å². The molecular formula is C14H29N. The minimum atomic E-state index is 1.33. The molecule has 1 aliphatic carbocycles. The lowest BCUT2D eigenvalue weighted by atomic mass is 10.2. The standard InChI is InChI=1S/C10H17N.2C2H6/c1-9-5-4-6-10(9)11-7-2-3-8-11;2*1-2/h2-8H2,1H3;2*1-2H3. The van der Waals surface area contributed by atoms with Gasteiger partial charge in [0.15, 0.2) is 0 Å². The van der Waals surface area contributed by atoms with E-state index in [4.69, 9.17) is 0 Å². The van der Waals surface area contributed by atoms with Gasteiger partial charge in [0.2, 0.25) is 0 Å². The van der Waals surface area contributed by atoms with Crippen LogP contribution in [0.4, 0.5) is 0 Å². The third-order valence-electron chi connectivity index (χ3n) is 2.95. The molecule has 0 amide bonds. The summed E-state index contributed by atoms with van der Waals surface area (Å²) in [6.45, 7) is 13.0. The van der Waals surface area contributed by atoms with Gasteiger partial charge in [0, 0.05) is 18.8 Å². The molecule has 2 rings (SSSR count). The van der Waals surface area contributed by atoms with Crippen LogP contribution in [0.15, 0.2) is 11.3 Å². The highest BCUT2D eigenvalue weighted by Crippen LogP contribution is 2.30. The van der Waals surface area contributed by atoms with E-state index in [2.05, 4.69) is 11.8 Å². The van der Waals surface area contributed by atoms with Crippen molar-refractivity contribution in [2.75, 3.05) is 13.1 Å². The van der Waals surface area contributed by atoms with E-state index in [0.717, 1.165) is 0 Å². The second-order valence-corrected chi connectivity index (χ2v) is 3.77. The smallest absolute Gasteiger partial charge is 0.0175 e. The normalized spacial score (nSPS) is 19.4. The first-order chi connectivity index (χ1) is 7.38. The summed E-state index contributed by atoms with van der Waals surface area (Å²) in [5, 5.41) is 0. The van der Waals surface area contributed by atoms with Crippen LogP contribution in [0.2, 0.25) is 0 Å². The molecule has 1 aliphatic heterocycles. The second-order valence-electron chi connectivity index (χ2n) is 3.77. The molecule has 1 saturated heterocycles. The van der Waals surface area contributed by atoms with Gasteiger partial charge in [-0.1, -0.05) is 33.3 Å². The fourth-order valence-electron chi connectivity index (χ4n) is 2.29. The van der Waals surface area contributed by atoms with Crippen molar-refractivity contribution < 1.29 is 0 Å². The van der Waals surface area contributed by atoms with E-state index in [1.807, 2.05) is 27.7 Å². The van der Waals surface area contributed by atoms with Crippen molar-refractivity contribution in [1.29, 1.82) is 0 Å². The Morgan fingerprint density at radius 2 is 1.33 bits per heavy atom. The molecule has 0 atom stereocenters. The zero-order chi connectivity index (χ0) is 11.7. The van der Waals surface area contributed by atoms with Gasteiger partial charge in [0.05, 0.1) is 0 Å². The van der Waals surface area contributed by atoms with Crippen molar-refractivity contribution in [2.45, 2.75) is 66.7 Å². The average molecular weight is 211 g/mol. The van der Waals surface area contributed by atoms with Crippen LogP contribution in [-0.2, 0) is 0 Å². The number of hydrogen-bond acceptors (Lipinski definition) is 1. The summed E-state index contributed by atoms with van der Waals surface area (Å²) >= 11 is 0. The average Bonchev–Trinajstić information content (AvgIpc) is 2.94. The number of likely N-dealkylation sites (tertiary alicyclic amines) is 1. The Kier molecular flexibility index (Phi) is 8.55. The molecule has 0 radical (unpaired) electrons. The fourth-order valence-corrected chi connectivity index (χ4v) is 2.29. The Balaban J connectivity index is 0.000000442. The van der Waals surface area contributed by atoms with Crippen molar-refractivity contribution in [3.63, 3.8) is 0 Å². The highest BCUT2D eigenvalue weighted by atomic mass is 15.2. The zero-order valence-electron chi connectivity index (χ0n) is 11.4. The third-order valence-corrected chi connectivity index (χ3v) is 2.95. The Morgan fingerprint density at radius 3 is 1.73 bits per heavy atom. The van der Waals surface area contributed by atoms with Gasteiger partial charge in [-0.2, -0.15) is 0 Å². The molecule has 1 heteroatoms. The molecule has 2 aliphatic rings. The quantitative estimate of drug-likeness (QED) is 0.613. The predicted octanol–water partition coefficient (Wildman–Crippen LogP) is 4.59. The number of nitrogens with zero attached hydrogens (tertiary/aromatic N) is 1. The fraction of sp³-hybridized carbons (Fsp3) is 0.857. The van der Waals surface area contributed by atoms with Crippen LogP contribution in [0.3, 0.4) is 0 Å². The lowest BCUT2D eigenvalue weighted by molar-refractivity contribution is 0.412. The number of rotatable bonds is 1. The molecule has 0 N–H and O–H groups in total. The van der Waals surface area contributed by atoms with E-state index in [1.165, 1.54) is 45.2 Å². The van der Waals surface area contributed by atoms with Crippen molar-refractivity contribution in [3.8, 4) is 0 Å². The monoisotopic (exact) mass is 211 g/mol. The summed E-state index contributed by atoms with van der Waals surface area (Å²) in [6.07, 6.45) is 6.93. The largest absolute Gasteiger partial charge is 0.375 e. The lowest BCUT2D eigenvalue weighted by Gasteiger charge is -2.19. The highest BCUT2D eigenvalue weighted by Gasteiger charge is 2.19. The van der Waals surface area contributed by atoms with Crippen molar-refractivity contribution in [1.82, 2.24) is 4.90 Å². The summed E-state index contributed by atoms with van der Waals surface area (Å²) < 4.78 is 0. The summed E-state index contributed by atoms with van der Waals surface area (Å²) in [4.78, 5) is 2.60. The molecular weight excluding hydrogens is 182 g/mol. The van der Waals surface area contributed by atoms with E-state index >= 15 is 0 Å². The van der Waals surface area contributed by atoms with Crippen LogP contribution in [0, 0.1) is 0 Å². The summed E-state index contributed by atoms with van der Waals surface area (Å²) in [5.74, 6) is 0. The Bertz CT molecular complexity index is 176. The van der Waals surface area contributed by atoms with E-state index in [9.17, 15) is 0 Å². The maximum absolute atomic E-state index is 2.60. The summed E-state index contributed by atoms with van der Waals surface area (Å²) in [7, 11) is 0. The Labute approximate surface area is 96.6 Å². The first-order valence-electron chi connectivity index (χ1n) is 6.81. The zero-order valence-corrected chi connectivity index (χ0v) is 11.4. The Hall–Kier alpha value is -0.460. The molecule has 90 valence electrons. The summed E-state index contributed by atoms with van der Waals surface area (Å²) in [5.41, 5.74) is 3.34. The lowest BCUT2D eigenvalue weighted by Crippen LogP contribution is -2.17. The first-order valence-corrected chi connectivity index (χ1v) is 6.81. The van der Waals surface area contributed by atoms with E-state index in [-0.39, 0.29) is 0 Å². The summed E-state index contributed by atoms with van der Waals surface area (Å²) in [6, 6.07) is 0. The Morgan fingerprint density at radius 1 is 0.800 bits per heavy atom. The van der Waals surface area contributed by atoms with Gasteiger partial charge < -0.3 is 4.90 Å². The molecule has 0 spiro atoms. The third kappa shape index (κ3) is 4.27. The van der Waals surface area contributed by atoms with Crippen molar-refractivity contribution >= 4 is 0 Å². The van der Waals surface area contributed by atoms with Crippen LogP contribution in [0.5, 0.6) is 0 Å². The second kappa shape index (κ2) is 8.82. The van der Waals surface area contributed by atoms with E-state index in [0.29, 0.717) is 0 Å². The molecule has 0 bridgehead atoms. The van der Waals surface area contributed by atoms with Crippen LogP contribution >= 0.6 is 0 Å². The van der Waals surface area contributed by atoms with Gasteiger partial charge in [-0.25, -0.2) is 0 Å². The number of hydrogen-bond donors (Lipinski definition) is 0. The molecule has 0 aromatic rings. The van der Waals surface area contributed by atoms with Gasteiger partial charge in [0.1, 0.15) is 0 Å². The van der Waals surface area contributed by atoms with Gasteiger partial charge in [-0.05, 0) is 39.0 Å². The van der Waals surface area contributed by atoms with E-state index in [1.54, 1.807) is 11.3 Å². The molecule has 0 unspecified atom stereocenters. The maximum atomic E-state index is 2.60. The minimum absolute atomic E-state index is 1.33. The predicted molar refractivity (Wildman–Crippen MR) is 70.1 cm³/mol. The minimum Gasteiger partial charge on any atom is -0.375 e. The first kappa shape index (κ1) is 14.5. The highest BCUT2D eigenvalue weighted by molar-refractivity contribution is 5.17. The van der Waals surface area contributed by atoms with Gasteiger partial charge >= 0.3 is 0 Å². The molecule has 1 heterocycles. The SMILES string of the molecule is CC.CC.CC1=C(N2CCCC2)CCC1. The molecule has 1 nitrogen and oxygen atoms in total.